The second kappa shape index (κ2) is 55.4. The minimum Gasteiger partial charge on any atom is -0.480 e. The molecule has 8 fully saturated rings. The van der Waals surface area contributed by atoms with Crippen LogP contribution < -0.4 is 21.3 Å². The second-order valence-electron chi connectivity index (χ2n) is 43.3. The Kier molecular flexibility index (Phi) is 40.9. The number of nitrogens with zero attached hydrogens (tertiary/aromatic N) is 8. The fraction of sp³-hybridized carbons (Fsp3) is 0.597. The normalized spacial score (nSPS) is 22.5. The highest BCUT2D eigenvalue weighted by Gasteiger charge is 2.43. The van der Waals surface area contributed by atoms with Crippen LogP contribution in [0.15, 0.2) is 121 Å². The molecule has 8 N–H and O–H groups in total. The number of pyridine rings is 4. The van der Waals surface area contributed by atoms with Crippen molar-refractivity contribution in [1.82, 2.24) is 39.5 Å². The molecule has 4 aromatic carbocycles. The van der Waals surface area contributed by atoms with Gasteiger partial charge in [0, 0.05) is 140 Å². The van der Waals surface area contributed by atoms with Crippen molar-refractivity contribution in [3.63, 3.8) is 0 Å². The van der Waals surface area contributed by atoms with E-state index in [9.17, 15) is 57.2 Å². The molecule has 0 radical (unpaired) electrons. The first kappa shape index (κ1) is 110. The number of ether oxygens (including phenoxy) is 6. The summed E-state index contributed by atoms with van der Waals surface area (Å²) < 4.78 is 93.4. The monoisotopic (exact) mass is 2060 g/mol. The maximum absolute atomic E-state index is 14.3. The zero-order valence-electron chi connectivity index (χ0n) is 87.3. The number of carbonyl (C=O) groups is 4. The summed E-state index contributed by atoms with van der Waals surface area (Å²) in [5.41, 5.74) is 15.6. The van der Waals surface area contributed by atoms with Crippen LogP contribution in [0.25, 0.3) is 0 Å². The molecule has 11 atom stereocenters. The first-order chi connectivity index (χ1) is 72.7. The average Bonchev–Trinajstić information content (AvgIpc) is 1.75. The average molecular weight is 2060 g/mol. The third kappa shape index (κ3) is 30.7. The number of anilines is 4. The Balaban J connectivity index is 0.000000135. The lowest BCUT2D eigenvalue weighted by Gasteiger charge is -2.30. The van der Waals surface area contributed by atoms with Crippen LogP contribution in [-0.4, -0.2) is 226 Å². The number of carboxylic acid groups (broad SMARTS) is 4. The minimum absolute atomic E-state index is 0.00632. The van der Waals surface area contributed by atoms with Crippen molar-refractivity contribution in [3.8, 4) is 0 Å². The molecule has 8 aromatic rings. The molecule has 0 spiro atoms. The Morgan fingerprint density at radius 3 is 0.966 bits per heavy atom. The van der Waals surface area contributed by atoms with E-state index in [-0.39, 0.29) is 48.3 Å². The number of halogens is 4. The summed E-state index contributed by atoms with van der Waals surface area (Å²) in [5, 5.41) is 54.4. The largest absolute Gasteiger partial charge is 0.480 e. The predicted octanol–water partition coefficient (Wildman–Crippen LogP) is 22.2. The molecule has 2 saturated carbocycles. The fourth-order valence-electron chi connectivity index (χ4n) is 24.5. The van der Waals surface area contributed by atoms with E-state index < -0.39 is 59.7 Å². The smallest absolute Gasteiger partial charge is 0.325 e. The van der Waals surface area contributed by atoms with Gasteiger partial charge in [-0.05, 0) is 370 Å². The van der Waals surface area contributed by atoms with Crippen LogP contribution in [0.1, 0.15) is 350 Å². The molecule has 1 unspecified atom stereocenters. The van der Waals surface area contributed by atoms with E-state index in [4.69, 9.17) is 48.4 Å². The van der Waals surface area contributed by atoms with Gasteiger partial charge in [0.25, 0.3) is 0 Å². The number of carboxylic acids is 4. The first-order valence-electron chi connectivity index (χ1n) is 56.4. The van der Waals surface area contributed by atoms with Gasteiger partial charge in [-0.25, -0.2) is 37.5 Å². The van der Waals surface area contributed by atoms with Crippen molar-refractivity contribution < 1.29 is 85.6 Å². The van der Waals surface area contributed by atoms with Gasteiger partial charge in [0.15, 0.2) is 0 Å². The summed E-state index contributed by atoms with van der Waals surface area (Å²) in [6.07, 6.45) is 40.4. The third-order valence-corrected chi connectivity index (χ3v) is 32.5. The van der Waals surface area contributed by atoms with Crippen molar-refractivity contribution in [3.05, 3.63) is 234 Å². The van der Waals surface area contributed by atoms with Crippen molar-refractivity contribution >= 4 is 47.1 Å². The number of fused-ring (bicyclic) bond motifs is 4. The molecule has 30 heteroatoms. The van der Waals surface area contributed by atoms with Gasteiger partial charge in [-0.1, -0.05) is 93.5 Å². The molecule has 0 amide bonds. The minimum atomic E-state index is -0.966. The van der Waals surface area contributed by atoms with Gasteiger partial charge < -0.3 is 70.1 Å². The molecule has 4 aromatic heterocycles. The zero-order chi connectivity index (χ0) is 103. The molecule has 10 aliphatic heterocycles. The Bertz CT molecular complexity index is 5520. The second-order valence-corrected chi connectivity index (χ2v) is 43.3. The van der Waals surface area contributed by atoms with Crippen molar-refractivity contribution in [2.24, 2.45) is 0 Å². The highest BCUT2D eigenvalue weighted by Crippen LogP contribution is 2.45. The highest BCUT2D eigenvalue weighted by molar-refractivity contribution is 5.79. The maximum Gasteiger partial charge on any atom is 0.325 e. The van der Waals surface area contributed by atoms with Crippen LogP contribution in [0, 0.1) is 23.3 Å². The highest BCUT2D eigenvalue weighted by atomic mass is 19.1. The molecule has 20 rings (SSSR count). The Morgan fingerprint density at radius 2 is 0.638 bits per heavy atom. The summed E-state index contributed by atoms with van der Waals surface area (Å²) in [7, 11) is 0. The zero-order valence-corrected chi connectivity index (χ0v) is 87.3. The quantitative estimate of drug-likeness (QED) is 0.0130. The summed E-state index contributed by atoms with van der Waals surface area (Å²) >= 11 is 0. The molecule has 0 bridgehead atoms. The summed E-state index contributed by atoms with van der Waals surface area (Å²) in [5.74, 6) is -0.485. The van der Waals surface area contributed by atoms with E-state index in [2.05, 4.69) is 76.7 Å². The number of hydrogen-bond acceptors (Lipinski definition) is 22. The third-order valence-electron chi connectivity index (χ3n) is 32.5. The van der Waals surface area contributed by atoms with Crippen LogP contribution >= 0.6 is 0 Å². The lowest BCUT2D eigenvalue weighted by Crippen LogP contribution is -2.34. The van der Waals surface area contributed by atoms with Crippen LogP contribution in [0.4, 0.5) is 40.8 Å². The molecule has 806 valence electrons. The number of unbranched alkanes of at least 4 members (excludes halogenated alkanes) is 5. The number of hydrogen-bond donors (Lipinski definition) is 8. The van der Waals surface area contributed by atoms with Gasteiger partial charge in [0.05, 0.1) is 36.6 Å². The molecular weight excluding hydrogens is 1900 g/mol. The lowest BCUT2D eigenvalue weighted by molar-refractivity contribution is -0.144. The number of rotatable bonds is 41. The van der Waals surface area contributed by atoms with Gasteiger partial charge >= 0.3 is 23.9 Å². The lowest BCUT2D eigenvalue weighted by atomic mass is 9.80. The van der Waals surface area contributed by atoms with Crippen LogP contribution in [-0.2, 0) is 99.0 Å². The molecule has 6 saturated heterocycles. The Labute approximate surface area is 876 Å². The van der Waals surface area contributed by atoms with Crippen molar-refractivity contribution in [2.45, 2.75) is 342 Å². The number of aryl methyl sites for hydroxylation is 8. The van der Waals surface area contributed by atoms with Crippen molar-refractivity contribution in [2.75, 3.05) is 133 Å². The molecule has 2 aliphatic carbocycles. The van der Waals surface area contributed by atoms with Gasteiger partial charge in [0.2, 0.25) is 0 Å². The Hall–Kier alpha value is -10.1. The topological polar surface area (TPSA) is 317 Å². The van der Waals surface area contributed by atoms with E-state index in [0.29, 0.717) is 132 Å². The van der Waals surface area contributed by atoms with E-state index in [1.807, 2.05) is 31.7 Å². The summed E-state index contributed by atoms with van der Waals surface area (Å²) in [6.45, 7) is 13.8. The molecule has 26 nitrogen and oxygen atoms in total. The number of nitrogens with one attached hydrogen (secondary N) is 4. The van der Waals surface area contributed by atoms with E-state index in [0.717, 1.165) is 313 Å². The molecular formula is C119H158F4N12O14. The fourth-order valence-corrected chi connectivity index (χ4v) is 24.5. The van der Waals surface area contributed by atoms with E-state index in [1.165, 1.54) is 103 Å². The van der Waals surface area contributed by atoms with Gasteiger partial charge in [-0.15, -0.1) is 0 Å². The van der Waals surface area contributed by atoms with Crippen LogP contribution in [0.5, 0.6) is 0 Å². The predicted molar refractivity (Wildman–Crippen MR) is 568 cm³/mol. The van der Waals surface area contributed by atoms with E-state index >= 15 is 0 Å². The van der Waals surface area contributed by atoms with E-state index in [1.54, 1.807) is 12.1 Å². The number of likely N-dealkylation sites (tertiary alicyclic amines) is 4. The summed E-state index contributed by atoms with van der Waals surface area (Å²) in [6, 6.07) is 32.9. The van der Waals surface area contributed by atoms with Gasteiger partial charge in [0.1, 0.15) is 70.7 Å². The number of aliphatic carboxylic acids is 4. The SMILES string of the molecule is C[C@H]1CCc2ccc(CCCCO[C@@H]3CCN([C@H](C(=O)O)c4cc(F)ccc4[C@@H]4CCCO4)C3)nc2N1.O=C(O)[C@@H](c1cc(F)ccc1C1CCCCC1)N1CC[C@@H](OCCCCc2ccc3c(n2)NCCC3)C1.O=C(O)[C@H](c1cc(F)ccc1C1CCCCC1)N1CC[C@@H](OCCCCc2ccc3c(n2)NCCC3)C1.O=C(O)[C@H](c1cc(F)ccc1C1CCCCO1)N1CC[C@@H](OCCCCCc2ccc3c(n2)NCCC3)C1. The Morgan fingerprint density at radius 1 is 0.336 bits per heavy atom. The van der Waals surface area contributed by atoms with Crippen molar-refractivity contribution in [1.29, 1.82) is 0 Å². The first-order valence-corrected chi connectivity index (χ1v) is 56.4. The van der Waals surface area contributed by atoms with Gasteiger partial charge in [-0.3, -0.25) is 38.8 Å². The number of benzene rings is 4. The number of aromatic nitrogens is 4. The van der Waals surface area contributed by atoms with Gasteiger partial charge in [-0.2, -0.15) is 0 Å². The van der Waals surface area contributed by atoms with Crippen LogP contribution in [0.2, 0.25) is 0 Å². The maximum atomic E-state index is 14.3. The molecule has 149 heavy (non-hydrogen) atoms. The molecule has 14 heterocycles. The van der Waals surface area contributed by atoms with Crippen LogP contribution in [0.3, 0.4) is 0 Å². The summed E-state index contributed by atoms with van der Waals surface area (Å²) in [4.78, 5) is 76.6. The molecule has 12 aliphatic rings. The standard InChI is InChI=1S/C30H40FN3O4.2C30H40FN3O3.C29H38FN3O4/c31-22-11-13-25(27-9-3-5-18-38-27)26(19-22)28(30(35)36)34-16-14-24(20-34)37-17-4-1-2-8-23-12-10-21-7-6-15-32-29(21)33-23;2*31-23-12-14-26(21-7-2-1-3-8-21)27(19-23)28(30(35)36)34-17-15-25(20-34)37-18-5-4-10-24-13-11-22-9-6-16-32-29(22)33-24;1-19-7-8-20-9-11-22(32-28(20)31-19)5-2-3-15-36-23-13-14-33(18-23)27(29(34)35)25-17-21(30)10-12-24(25)26-6-4-16-37-26/h10-13,19,24,27-28H,1-9,14-18,20H2,(H,32,33)(H,35,36);2*11-14,19,21,25,28H,1-10,15-18,20H2,(H,32,33)(H,35,36);9-12,17,19,23,26-27H,2-8,13-16,18H2,1H3,(H,31,32)(H,34,35)/t24-,27?,28+;25-,28+;25-,28-;19-,23+,26-,27-/m1110/s1.